The Kier molecular flexibility index (Phi) is 65.1. The van der Waals surface area contributed by atoms with E-state index in [0.717, 1.165) is 89.9 Å². The standard InChI is InChI=1S/C73H128NO8P/c1-3-5-7-9-11-13-15-17-19-21-23-25-27-29-31-32-33-34-35-36-37-38-40-42-44-46-48-50-52-54-56-58-60-62-64-66-73(76)82-71(70-81-83(77,78)80-68-67-74)69-79-72(75)65-63-61-59-57-55-53-51-49-47-45-43-41-39-30-28-26-24-22-20-18-16-14-12-10-8-6-4-2/h5,7,11,13,16-19,22-25,28-31,33-34,71H,3-4,6,8-10,12,14-15,20-21,26-27,32,35-70,74H2,1-2H3,(H,77,78)/b7-5-,13-11-,18-16-,19-17-,24-22-,25-23-,30-28-,31-29-,34-33-. The summed E-state index contributed by atoms with van der Waals surface area (Å²) in [7, 11) is -4.40. The minimum Gasteiger partial charge on any atom is -0.462 e. The van der Waals surface area contributed by atoms with Crippen LogP contribution in [0.5, 0.6) is 0 Å². The lowest BCUT2D eigenvalue weighted by Crippen LogP contribution is -2.29. The number of ether oxygens (including phenoxy) is 2. The van der Waals surface area contributed by atoms with Gasteiger partial charge in [-0.05, 0) is 103 Å². The van der Waals surface area contributed by atoms with Crippen LogP contribution >= 0.6 is 7.82 Å². The highest BCUT2D eigenvalue weighted by atomic mass is 31.2. The van der Waals surface area contributed by atoms with Gasteiger partial charge in [-0.2, -0.15) is 0 Å². The van der Waals surface area contributed by atoms with Crippen LogP contribution in [0.3, 0.4) is 0 Å². The predicted molar refractivity (Wildman–Crippen MR) is 358 cm³/mol. The first kappa shape index (κ1) is 79.7. The SMILES string of the molecule is CC/C=C\C/C=C\C/C=C\C/C=C\C/C=C\C/C=C\CCCCCCCCCCCCCCCCCCC(=O)OC(COC(=O)CCCCCCCCCCCCCC/C=C\C/C=C\C/C=C\CCCCCCC)COP(=O)(O)OCCN. The van der Waals surface area contributed by atoms with Crippen molar-refractivity contribution in [2.45, 2.75) is 315 Å². The van der Waals surface area contributed by atoms with E-state index < -0.39 is 26.5 Å². The molecule has 0 aliphatic carbocycles. The number of hydrogen-bond donors (Lipinski definition) is 2. The molecular formula is C73H128NO8P. The number of phosphoric acid groups is 1. The number of rotatable bonds is 64. The molecule has 3 N–H and O–H groups in total. The first-order chi connectivity index (χ1) is 40.8. The normalized spacial score (nSPS) is 13.6. The Labute approximate surface area is 511 Å². The van der Waals surface area contributed by atoms with Crippen molar-refractivity contribution in [3.63, 3.8) is 0 Å². The molecule has 2 atom stereocenters. The quantitative estimate of drug-likeness (QED) is 0.0264. The van der Waals surface area contributed by atoms with Gasteiger partial charge in [0.25, 0.3) is 0 Å². The minimum atomic E-state index is -4.40. The molecule has 2 unspecified atom stereocenters. The van der Waals surface area contributed by atoms with Gasteiger partial charge >= 0.3 is 19.8 Å². The predicted octanol–water partition coefficient (Wildman–Crippen LogP) is 22.5. The van der Waals surface area contributed by atoms with Crippen molar-refractivity contribution in [2.75, 3.05) is 26.4 Å². The fraction of sp³-hybridized carbons (Fsp3) is 0.726. The summed E-state index contributed by atoms with van der Waals surface area (Å²) in [6, 6.07) is 0. The molecule has 0 aromatic heterocycles. The molecule has 0 saturated heterocycles. The van der Waals surface area contributed by atoms with E-state index in [1.54, 1.807) is 0 Å². The zero-order valence-corrected chi connectivity index (χ0v) is 54.5. The molecule has 0 rings (SSSR count). The number of esters is 2. The van der Waals surface area contributed by atoms with Gasteiger partial charge in [-0.15, -0.1) is 0 Å². The van der Waals surface area contributed by atoms with E-state index in [0.29, 0.717) is 6.42 Å². The fourth-order valence-electron chi connectivity index (χ4n) is 9.59. The minimum absolute atomic E-state index is 0.0502. The van der Waals surface area contributed by atoms with E-state index in [1.165, 1.54) is 186 Å². The number of unbranched alkanes of at least 4 members (excludes halogenated alkanes) is 33. The van der Waals surface area contributed by atoms with Crippen LogP contribution in [-0.4, -0.2) is 49.3 Å². The van der Waals surface area contributed by atoms with Crippen LogP contribution in [-0.2, 0) is 32.7 Å². The summed E-state index contributed by atoms with van der Waals surface area (Å²) in [6.45, 7) is 3.64. The van der Waals surface area contributed by atoms with Gasteiger partial charge in [-0.25, -0.2) is 4.57 Å². The van der Waals surface area contributed by atoms with Gasteiger partial charge in [0.15, 0.2) is 6.10 Å². The summed E-state index contributed by atoms with van der Waals surface area (Å²) >= 11 is 0. The highest BCUT2D eigenvalue weighted by Gasteiger charge is 2.26. The number of carbonyl (C=O) groups excluding carboxylic acids is 2. The van der Waals surface area contributed by atoms with Gasteiger partial charge in [0.1, 0.15) is 6.61 Å². The molecule has 83 heavy (non-hydrogen) atoms. The van der Waals surface area contributed by atoms with Crippen LogP contribution in [0.2, 0.25) is 0 Å². The van der Waals surface area contributed by atoms with E-state index in [4.69, 9.17) is 24.3 Å². The summed E-state index contributed by atoms with van der Waals surface area (Å²) in [4.78, 5) is 35.4. The zero-order valence-electron chi connectivity index (χ0n) is 53.7. The number of phosphoric ester groups is 1. The Morgan fingerprint density at radius 2 is 0.663 bits per heavy atom. The first-order valence-corrected chi connectivity index (χ1v) is 35.9. The topological polar surface area (TPSA) is 134 Å². The maximum absolute atomic E-state index is 12.8. The number of carbonyl (C=O) groups is 2. The monoisotopic (exact) mass is 1180 g/mol. The highest BCUT2D eigenvalue weighted by Crippen LogP contribution is 2.43. The molecule has 0 spiro atoms. The molecule has 0 radical (unpaired) electrons. The van der Waals surface area contributed by atoms with Gasteiger partial charge in [0.05, 0.1) is 13.2 Å². The second kappa shape index (κ2) is 67.8. The first-order valence-electron chi connectivity index (χ1n) is 34.4. The molecular weight excluding hydrogens is 1050 g/mol. The van der Waals surface area contributed by atoms with Crippen LogP contribution in [0.25, 0.3) is 0 Å². The third-order valence-electron chi connectivity index (χ3n) is 14.6. The summed E-state index contributed by atoms with van der Waals surface area (Å²) in [5, 5.41) is 0. The van der Waals surface area contributed by atoms with Gasteiger partial charge in [0, 0.05) is 19.4 Å². The zero-order chi connectivity index (χ0) is 60.1. The van der Waals surface area contributed by atoms with Crippen molar-refractivity contribution < 1.29 is 37.6 Å². The van der Waals surface area contributed by atoms with Gasteiger partial charge in [0.2, 0.25) is 0 Å². The van der Waals surface area contributed by atoms with Crippen LogP contribution in [0, 0.1) is 0 Å². The molecule has 0 aromatic carbocycles. The molecule has 9 nitrogen and oxygen atoms in total. The molecule has 478 valence electrons. The number of nitrogens with two attached hydrogens (primary N) is 1. The van der Waals surface area contributed by atoms with Crippen molar-refractivity contribution in [1.29, 1.82) is 0 Å². The Morgan fingerprint density at radius 1 is 0.373 bits per heavy atom. The number of hydrogen-bond acceptors (Lipinski definition) is 8. The largest absolute Gasteiger partial charge is 0.472 e. The van der Waals surface area contributed by atoms with Crippen LogP contribution < -0.4 is 5.73 Å². The molecule has 10 heteroatoms. The summed E-state index contributed by atoms with van der Waals surface area (Å²) < 4.78 is 33.2. The van der Waals surface area contributed by atoms with Crippen molar-refractivity contribution >= 4 is 19.8 Å². The molecule has 0 heterocycles. The molecule has 0 bridgehead atoms. The molecule has 0 amide bonds. The molecule has 0 fully saturated rings. The maximum atomic E-state index is 12.8. The average molecular weight is 1180 g/mol. The lowest BCUT2D eigenvalue weighted by molar-refractivity contribution is -0.161. The Morgan fingerprint density at radius 3 is 0.988 bits per heavy atom. The summed E-state index contributed by atoms with van der Waals surface area (Å²) in [5.74, 6) is -0.823. The van der Waals surface area contributed by atoms with E-state index in [9.17, 15) is 19.0 Å². The van der Waals surface area contributed by atoms with E-state index in [2.05, 4.69) is 123 Å². The molecule has 0 saturated carbocycles. The molecule has 0 aliphatic heterocycles. The van der Waals surface area contributed by atoms with E-state index in [1.807, 2.05) is 0 Å². The molecule has 0 aromatic rings. The average Bonchev–Trinajstić information content (AvgIpc) is 3.48. The van der Waals surface area contributed by atoms with Crippen molar-refractivity contribution in [3.8, 4) is 0 Å². The Hall–Kier alpha value is -3.33. The lowest BCUT2D eigenvalue weighted by atomic mass is 10.0. The highest BCUT2D eigenvalue weighted by molar-refractivity contribution is 7.47. The van der Waals surface area contributed by atoms with Crippen LogP contribution in [0.1, 0.15) is 309 Å². The van der Waals surface area contributed by atoms with Gasteiger partial charge in [-0.1, -0.05) is 303 Å². The van der Waals surface area contributed by atoms with E-state index in [-0.39, 0.29) is 38.6 Å². The van der Waals surface area contributed by atoms with Crippen LogP contribution in [0.15, 0.2) is 109 Å². The van der Waals surface area contributed by atoms with E-state index >= 15 is 0 Å². The summed E-state index contributed by atoms with van der Waals surface area (Å²) in [6.07, 6.45) is 93.1. The van der Waals surface area contributed by atoms with Crippen molar-refractivity contribution in [2.24, 2.45) is 5.73 Å². The van der Waals surface area contributed by atoms with Gasteiger partial charge < -0.3 is 20.1 Å². The maximum Gasteiger partial charge on any atom is 0.472 e. The van der Waals surface area contributed by atoms with Crippen molar-refractivity contribution in [3.05, 3.63) is 109 Å². The van der Waals surface area contributed by atoms with Crippen molar-refractivity contribution in [1.82, 2.24) is 0 Å². The second-order valence-corrected chi connectivity index (χ2v) is 24.1. The second-order valence-electron chi connectivity index (χ2n) is 22.7. The Bertz CT molecular complexity index is 1730. The number of allylic oxidation sites excluding steroid dienone is 18. The Balaban J connectivity index is 3.90. The lowest BCUT2D eigenvalue weighted by Gasteiger charge is -2.19. The summed E-state index contributed by atoms with van der Waals surface area (Å²) in [5.41, 5.74) is 5.40. The third-order valence-corrected chi connectivity index (χ3v) is 15.6. The van der Waals surface area contributed by atoms with Crippen LogP contribution in [0.4, 0.5) is 0 Å². The fourth-order valence-corrected chi connectivity index (χ4v) is 10.4. The smallest absolute Gasteiger partial charge is 0.462 e. The molecule has 0 aliphatic rings. The third kappa shape index (κ3) is 67.7. The van der Waals surface area contributed by atoms with Gasteiger partial charge in [-0.3, -0.25) is 18.6 Å².